The largest absolute Gasteiger partial charge is 0.465 e. The number of hydrogen-bond acceptors (Lipinski definition) is 3. The van der Waals surface area contributed by atoms with Crippen LogP contribution in [-0.4, -0.2) is 36.1 Å². The Balaban J connectivity index is 2.25. The van der Waals surface area contributed by atoms with E-state index in [1.54, 1.807) is 0 Å². The van der Waals surface area contributed by atoms with Crippen LogP contribution in [0.25, 0.3) is 0 Å². The molecule has 1 fully saturated rings. The molecule has 0 N–H and O–H groups in total. The van der Waals surface area contributed by atoms with Gasteiger partial charge in [0.2, 0.25) is 0 Å². The normalized spacial score (nSPS) is 21.9. The van der Waals surface area contributed by atoms with Crippen LogP contribution < -0.4 is 0 Å². The van der Waals surface area contributed by atoms with Gasteiger partial charge in [-0.25, -0.2) is 8.78 Å². The van der Waals surface area contributed by atoms with E-state index in [1.807, 2.05) is 6.92 Å². The highest BCUT2D eigenvalue weighted by atomic mass is 19.1. The first-order chi connectivity index (χ1) is 11.2. The zero-order chi connectivity index (χ0) is 17.9. The quantitative estimate of drug-likeness (QED) is 0.597. The molecule has 0 aromatic heterocycles. The van der Waals surface area contributed by atoms with Crippen molar-refractivity contribution >= 4 is 5.97 Å². The molecule has 2 atom stereocenters. The molecule has 0 aliphatic carbocycles. The lowest BCUT2D eigenvalue weighted by Crippen LogP contribution is -2.40. The molecule has 1 aliphatic rings. The summed E-state index contributed by atoms with van der Waals surface area (Å²) < 4.78 is 32.9. The summed E-state index contributed by atoms with van der Waals surface area (Å²) in [5.74, 6) is -2.24. The third-order valence-corrected chi connectivity index (χ3v) is 4.68. The molecule has 0 bridgehead atoms. The minimum Gasteiger partial charge on any atom is -0.465 e. The van der Waals surface area contributed by atoms with Gasteiger partial charge in [0.1, 0.15) is 11.6 Å². The molecule has 134 valence electrons. The molecule has 0 unspecified atom stereocenters. The van der Waals surface area contributed by atoms with Crippen molar-refractivity contribution in [2.45, 2.75) is 52.0 Å². The number of carbonyl (C=O) groups is 1. The van der Waals surface area contributed by atoms with E-state index in [-0.39, 0.29) is 17.4 Å². The maximum Gasteiger partial charge on any atom is 0.310 e. The van der Waals surface area contributed by atoms with E-state index in [2.05, 4.69) is 25.7 Å². The number of nitrogens with zero attached hydrogens (tertiary/aromatic N) is 1. The number of carbonyl (C=O) groups excluding carboxylic acids is 1. The third kappa shape index (κ3) is 4.32. The molecule has 1 heterocycles. The highest BCUT2D eigenvalue weighted by Gasteiger charge is 2.43. The number of unbranched alkanes of at least 4 members (excludes halogenated alkanes) is 1. The second-order valence-corrected chi connectivity index (χ2v) is 7.48. The number of esters is 1. The van der Waals surface area contributed by atoms with E-state index in [0.717, 1.165) is 18.9 Å². The van der Waals surface area contributed by atoms with Crippen LogP contribution in [0.3, 0.4) is 0 Å². The van der Waals surface area contributed by atoms with Crippen molar-refractivity contribution < 1.29 is 18.3 Å². The first-order valence-corrected chi connectivity index (χ1v) is 8.60. The Bertz CT molecular complexity index is 583. The summed E-state index contributed by atoms with van der Waals surface area (Å²) in [7, 11) is 0. The fraction of sp³-hybridized carbons (Fsp3) is 0.632. The molecular weight excluding hydrogens is 312 g/mol. The predicted molar refractivity (Wildman–Crippen MR) is 89.8 cm³/mol. The van der Waals surface area contributed by atoms with Crippen molar-refractivity contribution in [3.8, 4) is 0 Å². The maximum atomic E-state index is 14.3. The Hall–Kier alpha value is -1.49. The summed E-state index contributed by atoms with van der Waals surface area (Å²) in [6.45, 7) is 9.69. The van der Waals surface area contributed by atoms with Crippen LogP contribution in [-0.2, 0) is 9.53 Å². The smallest absolute Gasteiger partial charge is 0.310 e. The lowest BCUT2D eigenvalue weighted by molar-refractivity contribution is -0.148. The number of ether oxygens (including phenoxy) is 1. The van der Waals surface area contributed by atoms with Crippen molar-refractivity contribution in [2.24, 2.45) is 5.92 Å². The highest BCUT2D eigenvalue weighted by Crippen LogP contribution is 2.38. The molecule has 1 saturated heterocycles. The van der Waals surface area contributed by atoms with Gasteiger partial charge < -0.3 is 4.74 Å². The van der Waals surface area contributed by atoms with Gasteiger partial charge in [0.15, 0.2) is 0 Å². The first kappa shape index (κ1) is 18.8. The Morgan fingerprint density at radius 2 is 2.00 bits per heavy atom. The summed E-state index contributed by atoms with van der Waals surface area (Å²) in [6.07, 6.45) is 1.76. The Labute approximate surface area is 143 Å². The van der Waals surface area contributed by atoms with E-state index >= 15 is 0 Å². The van der Waals surface area contributed by atoms with Crippen LogP contribution in [0.5, 0.6) is 0 Å². The van der Waals surface area contributed by atoms with E-state index in [4.69, 9.17) is 4.74 Å². The second-order valence-electron chi connectivity index (χ2n) is 7.48. The fourth-order valence-corrected chi connectivity index (χ4v) is 3.13. The van der Waals surface area contributed by atoms with Gasteiger partial charge in [-0.05, 0) is 38.8 Å². The fourth-order valence-electron chi connectivity index (χ4n) is 3.13. The van der Waals surface area contributed by atoms with Crippen molar-refractivity contribution in [3.63, 3.8) is 0 Å². The number of rotatable bonds is 5. The first-order valence-electron chi connectivity index (χ1n) is 8.60. The van der Waals surface area contributed by atoms with Crippen LogP contribution in [0, 0.1) is 17.6 Å². The van der Waals surface area contributed by atoms with Crippen LogP contribution in [0.15, 0.2) is 18.2 Å². The van der Waals surface area contributed by atoms with Gasteiger partial charge in [0.25, 0.3) is 0 Å². The van der Waals surface area contributed by atoms with Gasteiger partial charge in [0.05, 0.1) is 12.5 Å². The molecule has 3 nitrogen and oxygen atoms in total. The van der Waals surface area contributed by atoms with Gasteiger partial charge in [-0.2, -0.15) is 0 Å². The van der Waals surface area contributed by atoms with E-state index in [0.29, 0.717) is 25.3 Å². The predicted octanol–water partition coefficient (Wildman–Crippen LogP) is 4.12. The Kier molecular flexibility index (Phi) is 5.97. The van der Waals surface area contributed by atoms with Crippen molar-refractivity contribution in [1.82, 2.24) is 4.90 Å². The Morgan fingerprint density at radius 3 is 2.58 bits per heavy atom. The van der Waals surface area contributed by atoms with Crippen molar-refractivity contribution in [3.05, 3.63) is 35.4 Å². The highest BCUT2D eigenvalue weighted by molar-refractivity contribution is 5.74. The molecule has 2 rings (SSSR count). The lowest BCUT2D eigenvalue weighted by Gasteiger charge is -2.31. The second kappa shape index (κ2) is 7.60. The summed E-state index contributed by atoms with van der Waals surface area (Å²) in [5, 5.41) is 0. The lowest BCUT2D eigenvalue weighted by atomic mass is 9.88. The average Bonchev–Trinajstić information content (AvgIpc) is 2.92. The van der Waals surface area contributed by atoms with Gasteiger partial charge in [-0.15, -0.1) is 0 Å². The Morgan fingerprint density at radius 1 is 1.29 bits per heavy atom. The SMILES string of the molecule is CCCCOC(=O)[C@@H]1CN(C(C)(C)C)C[C@H]1c1ccc(F)cc1F. The average molecular weight is 339 g/mol. The molecule has 5 heteroatoms. The molecular formula is C19H27F2NO2. The van der Waals surface area contributed by atoms with Crippen molar-refractivity contribution in [2.75, 3.05) is 19.7 Å². The maximum absolute atomic E-state index is 14.3. The van der Waals surface area contributed by atoms with Crippen LogP contribution >= 0.6 is 0 Å². The van der Waals surface area contributed by atoms with Gasteiger partial charge in [-0.1, -0.05) is 19.4 Å². The minimum atomic E-state index is -0.607. The van der Waals surface area contributed by atoms with E-state index in [9.17, 15) is 13.6 Å². The monoisotopic (exact) mass is 339 g/mol. The standard InChI is InChI=1S/C19H27F2NO2/c1-5-6-9-24-18(23)16-12-22(19(2,3)4)11-15(16)14-8-7-13(20)10-17(14)21/h7-8,10,15-16H,5-6,9,11-12H2,1-4H3/t15-,16+/m0/s1. The molecule has 1 aromatic rings. The third-order valence-electron chi connectivity index (χ3n) is 4.68. The molecule has 0 saturated carbocycles. The number of benzene rings is 1. The molecule has 1 aliphatic heterocycles. The molecule has 0 amide bonds. The zero-order valence-corrected chi connectivity index (χ0v) is 14.9. The topological polar surface area (TPSA) is 29.5 Å². The number of halogens is 2. The number of hydrogen-bond donors (Lipinski definition) is 0. The van der Waals surface area contributed by atoms with Gasteiger partial charge in [0, 0.05) is 30.6 Å². The summed E-state index contributed by atoms with van der Waals surface area (Å²) in [6, 6.07) is 3.58. The van der Waals surface area contributed by atoms with Gasteiger partial charge >= 0.3 is 5.97 Å². The summed E-state index contributed by atoms with van der Waals surface area (Å²) in [4.78, 5) is 14.7. The minimum absolute atomic E-state index is 0.132. The van der Waals surface area contributed by atoms with Crippen LogP contribution in [0.2, 0.25) is 0 Å². The summed E-state index contributed by atoms with van der Waals surface area (Å²) in [5.41, 5.74) is 0.258. The van der Waals surface area contributed by atoms with Gasteiger partial charge in [-0.3, -0.25) is 9.69 Å². The van der Waals surface area contributed by atoms with Crippen molar-refractivity contribution in [1.29, 1.82) is 0 Å². The molecule has 24 heavy (non-hydrogen) atoms. The van der Waals surface area contributed by atoms with E-state index < -0.39 is 17.6 Å². The molecule has 1 aromatic carbocycles. The molecule has 0 radical (unpaired) electrons. The van der Waals surface area contributed by atoms with Crippen LogP contribution in [0.4, 0.5) is 8.78 Å². The van der Waals surface area contributed by atoms with E-state index in [1.165, 1.54) is 12.1 Å². The summed E-state index contributed by atoms with van der Waals surface area (Å²) >= 11 is 0. The zero-order valence-electron chi connectivity index (χ0n) is 14.9. The molecule has 0 spiro atoms. The number of likely N-dealkylation sites (tertiary alicyclic amines) is 1. The van der Waals surface area contributed by atoms with Crippen LogP contribution in [0.1, 0.15) is 52.0 Å².